The molecule has 1 aliphatic rings. The summed E-state index contributed by atoms with van der Waals surface area (Å²) in [5.74, 6) is -1.06. The second-order valence-electron chi connectivity index (χ2n) is 7.39. The van der Waals surface area contributed by atoms with Crippen LogP contribution in [0.5, 0.6) is 0 Å². The molecule has 0 N–H and O–H groups in total. The number of cyclic esters (lactones) is 2. The van der Waals surface area contributed by atoms with Gasteiger partial charge in [0.05, 0.1) is 12.1 Å². The van der Waals surface area contributed by atoms with Crippen LogP contribution in [-0.2, 0) is 14.2 Å². The molecular weight excluding hydrogens is 303 g/mol. The number of hydrogen-bond acceptors (Lipinski definition) is 4. The zero-order valence-electron chi connectivity index (χ0n) is 14.6. The van der Waals surface area contributed by atoms with Crippen LogP contribution in [0.25, 0.3) is 0 Å². The highest BCUT2D eigenvalue weighted by Gasteiger charge is 2.43. The maximum absolute atomic E-state index is 14.5. The highest BCUT2D eigenvalue weighted by molar-refractivity contribution is 6.86. The summed E-state index contributed by atoms with van der Waals surface area (Å²) in [6.07, 6.45) is 3.13. The Morgan fingerprint density at radius 1 is 1.45 bits per heavy atom. The number of hydrogen-bond donors (Lipinski definition) is 0. The van der Waals surface area contributed by atoms with Gasteiger partial charge in [0, 0.05) is 6.42 Å². The SMILES string of the molecule is CCCCC1(OC/C=C(\F)[Si](C)(C)C(C)(C)C)COC(=O)O1. The quantitative estimate of drug-likeness (QED) is 0.488. The van der Waals surface area contributed by atoms with E-state index in [9.17, 15) is 9.18 Å². The molecule has 1 rings (SSSR count). The van der Waals surface area contributed by atoms with Crippen LogP contribution in [0.4, 0.5) is 9.18 Å². The molecule has 1 aliphatic heterocycles. The normalized spacial score (nSPS) is 23.4. The number of ether oxygens (including phenoxy) is 3. The van der Waals surface area contributed by atoms with E-state index in [-0.39, 0.29) is 23.7 Å². The van der Waals surface area contributed by atoms with Gasteiger partial charge < -0.3 is 14.2 Å². The van der Waals surface area contributed by atoms with Crippen molar-refractivity contribution in [1.82, 2.24) is 0 Å². The average Bonchev–Trinajstić information content (AvgIpc) is 2.77. The summed E-state index contributed by atoms with van der Waals surface area (Å²) in [5.41, 5.74) is -0.0871. The Bertz CT molecular complexity index is 428. The van der Waals surface area contributed by atoms with Crippen molar-refractivity contribution in [3.8, 4) is 0 Å². The maximum Gasteiger partial charge on any atom is 0.511 e. The molecule has 0 aliphatic carbocycles. The molecule has 0 aromatic heterocycles. The van der Waals surface area contributed by atoms with Crippen LogP contribution < -0.4 is 0 Å². The molecule has 4 nitrogen and oxygen atoms in total. The van der Waals surface area contributed by atoms with Gasteiger partial charge in [0.15, 0.2) is 6.61 Å². The summed E-state index contributed by atoms with van der Waals surface area (Å²) in [7, 11) is -2.17. The zero-order chi connectivity index (χ0) is 17.0. The van der Waals surface area contributed by atoms with Gasteiger partial charge in [-0.2, -0.15) is 0 Å². The fourth-order valence-electron chi connectivity index (χ4n) is 1.97. The van der Waals surface area contributed by atoms with Gasteiger partial charge in [0.25, 0.3) is 5.79 Å². The van der Waals surface area contributed by atoms with E-state index in [1.165, 1.54) is 6.08 Å². The third-order valence-corrected chi connectivity index (χ3v) is 9.82. The summed E-state index contributed by atoms with van der Waals surface area (Å²) in [6.45, 7) is 12.4. The summed E-state index contributed by atoms with van der Waals surface area (Å²) in [6, 6.07) is 0. The molecule has 0 radical (unpaired) electrons. The highest BCUT2D eigenvalue weighted by atomic mass is 28.3. The fourth-order valence-corrected chi connectivity index (χ4v) is 3.28. The Morgan fingerprint density at radius 2 is 2.09 bits per heavy atom. The first kappa shape index (κ1) is 19.2. The monoisotopic (exact) mass is 332 g/mol. The lowest BCUT2D eigenvalue weighted by Crippen LogP contribution is -2.39. The van der Waals surface area contributed by atoms with Crippen molar-refractivity contribution < 1.29 is 23.4 Å². The lowest BCUT2D eigenvalue weighted by Gasteiger charge is -2.35. The summed E-state index contributed by atoms with van der Waals surface area (Å²) in [5, 5.41) is -0.0730. The van der Waals surface area contributed by atoms with Crippen LogP contribution in [0.3, 0.4) is 0 Å². The minimum atomic E-state index is -2.17. The van der Waals surface area contributed by atoms with E-state index in [2.05, 4.69) is 20.8 Å². The molecule has 128 valence electrons. The Morgan fingerprint density at radius 3 is 2.55 bits per heavy atom. The van der Waals surface area contributed by atoms with E-state index in [4.69, 9.17) is 14.2 Å². The zero-order valence-corrected chi connectivity index (χ0v) is 15.6. The molecule has 1 saturated heterocycles. The third kappa shape index (κ3) is 4.55. The molecule has 0 saturated carbocycles. The smallest absolute Gasteiger partial charge is 0.427 e. The second-order valence-corrected chi connectivity index (χ2v) is 12.6. The first-order valence-electron chi connectivity index (χ1n) is 7.90. The summed E-state index contributed by atoms with van der Waals surface area (Å²) in [4.78, 5) is 11.2. The van der Waals surface area contributed by atoms with Crippen LogP contribution in [-0.4, -0.2) is 33.2 Å². The van der Waals surface area contributed by atoms with Crippen LogP contribution >= 0.6 is 0 Å². The number of carbonyl (C=O) groups is 1. The number of halogens is 1. The lowest BCUT2D eigenvalue weighted by molar-refractivity contribution is -0.177. The molecular formula is C16H29FO4Si. The minimum absolute atomic E-state index is 0.0708. The van der Waals surface area contributed by atoms with Gasteiger partial charge in [0.2, 0.25) is 0 Å². The summed E-state index contributed by atoms with van der Waals surface area (Å²) >= 11 is 0. The van der Waals surface area contributed by atoms with Gasteiger partial charge in [-0.25, -0.2) is 9.18 Å². The molecule has 0 amide bonds. The molecule has 0 aromatic carbocycles. The Kier molecular flexibility index (Phi) is 6.21. The van der Waals surface area contributed by atoms with Crippen molar-refractivity contribution in [2.24, 2.45) is 0 Å². The van der Waals surface area contributed by atoms with Crippen molar-refractivity contribution in [2.45, 2.75) is 70.9 Å². The van der Waals surface area contributed by atoms with Crippen molar-refractivity contribution in [3.63, 3.8) is 0 Å². The molecule has 0 aromatic rings. The van der Waals surface area contributed by atoms with Crippen LogP contribution in [0.15, 0.2) is 11.5 Å². The number of unbranched alkanes of at least 4 members (excludes halogenated alkanes) is 1. The predicted molar refractivity (Wildman–Crippen MR) is 87.0 cm³/mol. The first-order chi connectivity index (χ1) is 10.0. The Balaban J connectivity index is 2.70. The van der Waals surface area contributed by atoms with E-state index in [1.54, 1.807) is 0 Å². The molecule has 22 heavy (non-hydrogen) atoms. The molecule has 0 bridgehead atoms. The average molecular weight is 332 g/mol. The maximum atomic E-state index is 14.5. The van der Waals surface area contributed by atoms with Crippen LogP contribution in [0, 0.1) is 0 Å². The summed E-state index contributed by atoms with van der Waals surface area (Å²) < 4.78 is 30.2. The second kappa shape index (κ2) is 7.13. The van der Waals surface area contributed by atoms with Gasteiger partial charge in [-0.3, -0.25) is 0 Å². The van der Waals surface area contributed by atoms with Crippen molar-refractivity contribution in [1.29, 1.82) is 0 Å². The third-order valence-electron chi connectivity index (χ3n) is 4.67. The van der Waals surface area contributed by atoms with Crippen molar-refractivity contribution >= 4 is 14.2 Å². The van der Waals surface area contributed by atoms with Crippen molar-refractivity contribution in [2.75, 3.05) is 13.2 Å². The van der Waals surface area contributed by atoms with Crippen LogP contribution in [0.1, 0.15) is 47.0 Å². The van der Waals surface area contributed by atoms with E-state index >= 15 is 0 Å². The van der Waals surface area contributed by atoms with Gasteiger partial charge in [0.1, 0.15) is 8.07 Å². The Hall–Kier alpha value is -0.883. The fraction of sp³-hybridized carbons (Fsp3) is 0.812. The topological polar surface area (TPSA) is 44.8 Å². The van der Waals surface area contributed by atoms with E-state index in [0.29, 0.717) is 6.42 Å². The number of carbonyl (C=O) groups excluding carboxylic acids is 1. The predicted octanol–water partition coefficient (Wildman–Crippen LogP) is 4.96. The first-order valence-corrected chi connectivity index (χ1v) is 10.9. The molecule has 1 atom stereocenters. The van der Waals surface area contributed by atoms with E-state index in [0.717, 1.165) is 12.8 Å². The molecule has 6 heteroatoms. The molecule has 1 fully saturated rings. The van der Waals surface area contributed by atoms with Gasteiger partial charge >= 0.3 is 6.16 Å². The van der Waals surface area contributed by atoms with E-state index in [1.807, 2.05) is 20.0 Å². The molecule has 1 unspecified atom stereocenters. The van der Waals surface area contributed by atoms with Gasteiger partial charge in [-0.05, 0) is 17.5 Å². The van der Waals surface area contributed by atoms with Gasteiger partial charge in [-0.15, -0.1) is 0 Å². The standard InChI is InChI=1S/C16H29FO4Si/c1-7-8-10-16(12-19-14(18)21-16)20-11-9-13(17)22(5,6)15(2,3)4/h9H,7-8,10-12H2,1-6H3/b13-9+. The molecule has 1 heterocycles. The largest absolute Gasteiger partial charge is 0.511 e. The van der Waals surface area contributed by atoms with Gasteiger partial charge in [-0.1, -0.05) is 47.2 Å². The lowest BCUT2D eigenvalue weighted by atomic mass is 10.1. The van der Waals surface area contributed by atoms with Crippen LogP contribution in [0.2, 0.25) is 18.1 Å². The van der Waals surface area contributed by atoms with E-state index < -0.39 is 20.0 Å². The minimum Gasteiger partial charge on any atom is -0.427 e. The highest BCUT2D eigenvalue weighted by Crippen LogP contribution is 2.41. The number of rotatable bonds is 7. The Labute approximate surface area is 134 Å². The molecule has 0 spiro atoms. The van der Waals surface area contributed by atoms with Crippen molar-refractivity contribution in [3.05, 3.63) is 11.5 Å².